The number of hydrogen-bond acceptors (Lipinski definition) is 6. The molecule has 2 heterocycles. The molecule has 37 heavy (non-hydrogen) atoms. The number of aromatic nitrogens is 2. The number of carbonyl (C=O) groups excluding carboxylic acids is 2. The summed E-state index contributed by atoms with van der Waals surface area (Å²) in [5.74, 6) is -1.27. The standard InChI is InChI=1S/2C6H5NO2.3C6H5.Sb/c2*8-6(9)5-2-1-3-7-4-5;3*1-2-4-6-5-3-1;/h2*1-4H,(H,8,9);3*1-5H;/q;;;;;+2/p-2. The van der Waals surface area contributed by atoms with E-state index in [0.29, 0.717) is 10.5 Å². The number of pyridine rings is 2. The molecule has 0 radical (unpaired) electrons. The van der Waals surface area contributed by atoms with Gasteiger partial charge in [-0.1, -0.05) is 0 Å². The molecule has 0 atom stereocenters. The van der Waals surface area contributed by atoms with E-state index in [0.717, 1.165) is 0 Å². The Balaban J connectivity index is 1.88. The second-order valence-corrected chi connectivity index (χ2v) is 19.1. The van der Waals surface area contributed by atoms with Gasteiger partial charge < -0.3 is 0 Å². The van der Waals surface area contributed by atoms with Crippen LogP contribution < -0.4 is 10.5 Å². The topological polar surface area (TPSA) is 78.4 Å². The summed E-state index contributed by atoms with van der Waals surface area (Å²) in [5, 5.41) is 0. The third-order valence-corrected chi connectivity index (χ3v) is 19.5. The molecule has 2 aromatic heterocycles. The zero-order valence-corrected chi connectivity index (χ0v) is 22.3. The second-order valence-electron chi connectivity index (χ2n) is 8.21. The van der Waals surface area contributed by atoms with Crippen molar-refractivity contribution in [3.63, 3.8) is 0 Å². The molecule has 0 unspecified atom stereocenters. The van der Waals surface area contributed by atoms with Gasteiger partial charge in [0, 0.05) is 0 Å². The van der Waals surface area contributed by atoms with Crippen LogP contribution in [0.3, 0.4) is 0 Å². The first-order valence-electron chi connectivity index (χ1n) is 11.6. The van der Waals surface area contributed by atoms with Gasteiger partial charge in [-0.05, 0) is 0 Å². The van der Waals surface area contributed by atoms with E-state index < -0.39 is 30.2 Å². The van der Waals surface area contributed by atoms with Crippen LogP contribution in [-0.2, 0) is 6.03 Å². The molecule has 0 saturated carbocycles. The molecule has 7 heteroatoms. The van der Waals surface area contributed by atoms with Crippen molar-refractivity contribution in [1.29, 1.82) is 0 Å². The molecule has 0 bridgehead atoms. The predicted octanol–water partition coefficient (Wildman–Crippen LogP) is 3.61. The molecule has 0 saturated heterocycles. The maximum atomic E-state index is 13.9. The van der Waals surface area contributed by atoms with Crippen LogP contribution in [0.5, 0.6) is 0 Å². The fourth-order valence-electron chi connectivity index (χ4n) is 4.27. The van der Waals surface area contributed by atoms with Crippen molar-refractivity contribution >= 4 is 40.7 Å². The van der Waals surface area contributed by atoms with E-state index >= 15 is 0 Å². The number of benzene rings is 3. The second kappa shape index (κ2) is 10.4. The van der Waals surface area contributed by atoms with Gasteiger partial charge in [-0.3, -0.25) is 0 Å². The Morgan fingerprint density at radius 2 is 0.838 bits per heavy atom. The van der Waals surface area contributed by atoms with Crippen LogP contribution in [0.1, 0.15) is 20.7 Å². The first-order valence-corrected chi connectivity index (χ1v) is 17.5. The summed E-state index contributed by atoms with van der Waals surface area (Å²) in [5.41, 5.74) is 0.502. The van der Waals surface area contributed by atoms with Gasteiger partial charge in [0.25, 0.3) is 0 Å². The Labute approximate surface area is 216 Å². The molecule has 0 fully saturated rings. The van der Waals surface area contributed by atoms with E-state index in [1.54, 1.807) is 36.7 Å². The monoisotopic (exact) mass is 596 g/mol. The van der Waals surface area contributed by atoms with Gasteiger partial charge in [0.05, 0.1) is 0 Å². The molecule has 5 rings (SSSR count). The Morgan fingerprint density at radius 1 is 0.486 bits per heavy atom. The summed E-state index contributed by atoms with van der Waals surface area (Å²) < 4.78 is 15.3. The molecule has 0 spiro atoms. The van der Waals surface area contributed by atoms with Crippen molar-refractivity contribution in [2.45, 2.75) is 0 Å². The number of hydrogen-bond donors (Lipinski definition) is 0. The third kappa shape index (κ3) is 4.41. The van der Waals surface area contributed by atoms with E-state index in [4.69, 9.17) is 6.03 Å². The van der Waals surface area contributed by atoms with E-state index in [9.17, 15) is 9.59 Å². The molecule has 3 aromatic carbocycles. The van der Waals surface area contributed by atoms with Crippen LogP contribution >= 0.6 is 0 Å². The van der Waals surface area contributed by atoms with Crippen molar-refractivity contribution in [2.24, 2.45) is 0 Å². The minimum absolute atomic E-state index is 0.251. The first-order chi connectivity index (χ1) is 18.1. The van der Waals surface area contributed by atoms with Gasteiger partial charge in [-0.15, -0.1) is 0 Å². The van der Waals surface area contributed by atoms with Gasteiger partial charge in [-0.25, -0.2) is 0 Å². The average Bonchev–Trinajstić information content (AvgIpc) is 2.99. The average molecular weight is 597 g/mol. The van der Waals surface area contributed by atoms with E-state index in [-0.39, 0.29) is 11.1 Å². The summed E-state index contributed by atoms with van der Waals surface area (Å²) in [6.45, 7) is 0. The molecule has 0 N–H and O–H groups in total. The Bertz CT molecular complexity index is 1340. The summed E-state index contributed by atoms with van der Waals surface area (Å²) in [7, 11) is 0. The van der Waals surface area contributed by atoms with Crippen molar-refractivity contribution in [1.82, 2.24) is 9.97 Å². The summed E-state index contributed by atoms with van der Waals surface area (Å²) in [6.07, 6.45) is 6.04. The summed E-state index contributed by atoms with van der Waals surface area (Å²) in [4.78, 5) is 36.0. The molecule has 0 aliphatic heterocycles. The number of rotatable bonds is 7. The van der Waals surface area contributed by atoms with E-state index in [2.05, 4.69) is 9.97 Å². The molecule has 0 amide bonds. The molecule has 182 valence electrons. The van der Waals surface area contributed by atoms with Gasteiger partial charge in [0.2, 0.25) is 0 Å². The fraction of sp³-hybridized carbons (Fsp3) is 0. The van der Waals surface area contributed by atoms with Gasteiger partial charge >= 0.3 is 217 Å². The molecular formula is C30H23N2O4Sb. The van der Waals surface area contributed by atoms with Crippen molar-refractivity contribution in [2.75, 3.05) is 0 Å². The maximum absolute atomic E-state index is 13.9. The first kappa shape index (κ1) is 24.4. The van der Waals surface area contributed by atoms with E-state index in [1.807, 2.05) is 91.0 Å². The summed E-state index contributed by atoms with van der Waals surface area (Å²) in [6, 6.07) is 34.4. The van der Waals surface area contributed by atoms with Crippen LogP contribution in [0.15, 0.2) is 140 Å². The number of carbonyl (C=O) groups is 2. The molecular weight excluding hydrogens is 574 g/mol. The normalized spacial score (nSPS) is 12.1. The van der Waals surface area contributed by atoms with Gasteiger partial charge in [0.1, 0.15) is 0 Å². The van der Waals surface area contributed by atoms with Crippen LogP contribution in [0, 0.1) is 0 Å². The Morgan fingerprint density at radius 3 is 1.14 bits per heavy atom. The van der Waals surface area contributed by atoms with Crippen LogP contribution in [0.25, 0.3) is 0 Å². The Kier molecular flexibility index (Phi) is 6.84. The minimum atomic E-state index is -5.95. The zero-order chi connectivity index (χ0) is 25.6. The molecule has 6 nitrogen and oxygen atoms in total. The van der Waals surface area contributed by atoms with E-state index in [1.165, 1.54) is 12.4 Å². The van der Waals surface area contributed by atoms with Crippen LogP contribution in [0.2, 0.25) is 0 Å². The van der Waals surface area contributed by atoms with Crippen LogP contribution in [-0.4, -0.2) is 40.1 Å². The van der Waals surface area contributed by atoms with Crippen LogP contribution in [0.4, 0.5) is 0 Å². The fourth-order valence-corrected chi connectivity index (χ4v) is 17.3. The molecule has 0 aliphatic rings. The third-order valence-electron chi connectivity index (χ3n) is 5.98. The SMILES string of the molecule is O=C([O][Sb]([O]C(=O)c1cccnc1)([c]1ccccc1)([c]1ccccc1)[c]1ccccc1)c1cccnc1. The number of nitrogens with zero attached hydrogens (tertiary/aromatic N) is 2. The van der Waals surface area contributed by atoms with Gasteiger partial charge in [0.15, 0.2) is 0 Å². The molecule has 5 aromatic rings. The van der Waals surface area contributed by atoms with Crippen molar-refractivity contribution < 1.29 is 15.6 Å². The van der Waals surface area contributed by atoms with Crippen molar-refractivity contribution in [3.05, 3.63) is 151 Å². The van der Waals surface area contributed by atoms with Gasteiger partial charge in [-0.2, -0.15) is 0 Å². The molecule has 0 aliphatic carbocycles. The summed E-state index contributed by atoms with van der Waals surface area (Å²) >= 11 is -5.95. The predicted molar refractivity (Wildman–Crippen MR) is 143 cm³/mol. The quantitative estimate of drug-likeness (QED) is 0.267. The zero-order valence-electron chi connectivity index (χ0n) is 19.8. The Hall–Kier alpha value is -4.28. The van der Waals surface area contributed by atoms with Crippen molar-refractivity contribution in [3.8, 4) is 0 Å².